The molecule has 0 heterocycles. The third-order valence-electron chi connectivity index (χ3n) is 1.89. The largest absolute Gasteiger partial charge is 0.327 e. The average Bonchev–Trinajstić information content (AvgIpc) is 2.22. The number of hydrogen-bond donors (Lipinski definition) is 1. The van der Waals surface area contributed by atoms with Crippen molar-refractivity contribution in [2.75, 3.05) is 6.54 Å². The molecule has 1 nitrogen and oxygen atoms in total. The van der Waals surface area contributed by atoms with Gasteiger partial charge in [-0.25, -0.2) is 17.6 Å². The SMILES string of the molecule is NC/C(=C/F)Cc1cc(F)c(F)c(F)c1. The zero-order valence-corrected chi connectivity index (χ0v) is 7.74. The lowest BCUT2D eigenvalue weighted by Gasteiger charge is -2.04. The van der Waals surface area contributed by atoms with E-state index in [1.165, 1.54) is 0 Å². The highest BCUT2D eigenvalue weighted by Crippen LogP contribution is 2.16. The Kier molecular flexibility index (Phi) is 3.85. The zero-order valence-electron chi connectivity index (χ0n) is 7.74. The van der Waals surface area contributed by atoms with Crippen molar-refractivity contribution in [3.05, 3.63) is 47.1 Å². The van der Waals surface area contributed by atoms with Gasteiger partial charge in [0.05, 0.1) is 6.33 Å². The predicted octanol–water partition coefficient (Wildman–Crippen LogP) is 2.46. The first-order valence-electron chi connectivity index (χ1n) is 4.20. The lowest BCUT2D eigenvalue weighted by Crippen LogP contribution is -2.06. The minimum Gasteiger partial charge on any atom is -0.327 e. The molecule has 0 aliphatic heterocycles. The Morgan fingerprint density at radius 2 is 1.73 bits per heavy atom. The van der Waals surface area contributed by atoms with Crippen LogP contribution in [-0.2, 0) is 6.42 Å². The van der Waals surface area contributed by atoms with Crippen LogP contribution >= 0.6 is 0 Å². The van der Waals surface area contributed by atoms with Gasteiger partial charge in [-0.1, -0.05) is 0 Å². The molecule has 0 radical (unpaired) electrons. The summed E-state index contributed by atoms with van der Waals surface area (Å²) in [6, 6.07) is 1.63. The first-order valence-corrected chi connectivity index (χ1v) is 4.20. The Balaban J connectivity index is 2.97. The van der Waals surface area contributed by atoms with Gasteiger partial charge in [0.2, 0.25) is 0 Å². The molecule has 5 heteroatoms. The van der Waals surface area contributed by atoms with Crippen LogP contribution in [0.25, 0.3) is 0 Å². The fourth-order valence-electron chi connectivity index (χ4n) is 1.13. The summed E-state index contributed by atoms with van der Waals surface area (Å²) in [7, 11) is 0. The predicted molar refractivity (Wildman–Crippen MR) is 48.3 cm³/mol. The van der Waals surface area contributed by atoms with E-state index in [2.05, 4.69) is 0 Å². The molecule has 0 saturated carbocycles. The molecule has 0 amide bonds. The molecule has 1 aromatic rings. The quantitative estimate of drug-likeness (QED) is 0.613. The van der Waals surface area contributed by atoms with Gasteiger partial charge in [-0.05, 0) is 29.7 Å². The van der Waals surface area contributed by atoms with Crippen LogP contribution in [0.1, 0.15) is 5.56 Å². The second-order valence-electron chi connectivity index (χ2n) is 3.02. The van der Waals surface area contributed by atoms with Crippen LogP contribution in [0.15, 0.2) is 24.0 Å². The Hall–Kier alpha value is -1.36. The number of benzene rings is 1. The van der Waals surface area contributed by atoms with E-state index in [4.69, 9.17) is 5.73 Å². The van der Waals surface area contributed by atoms with E-state index in [9.17, 15) is 17.6 Å². The maximum atomic E-state index is 12.7. The highest BCUT2D eigenvalue weighted by Gasteiger charge is 2.11. The van der Waals surface area contributed by atoms with Crippen LogP contribution in [0.5, 0.6) is 0 Å². The number of rotatable bonds is 3. The molecule has 0 aliphatic carbocycles. The average molecular weight is 219 g/mol. The standard InChI is InChI=1S/C10H9F4N/c11-4-7(5-15)1-6-2-8(12)10(14)9(13)3-6/h2-4H,1,5,15H2/b7-4+. The minimum atomic E-state index is -1.53. The van der Waals surface area contributed by atoms with E-state index in [-0.39, 0.29) is 30.4 Å². The fourth-order valence-corrected chi connectivity index (χ4v) is 1.13. The van der Waals surface area contributed by atoms with Crippen molar-refractivity contribution in [2.45, 2.75) is 6.42 Å². The molecule has 0 atom stereocenters. The normalized spacial score (nSPS) is 11.9. The van der Waals surface area contributed by atoms with Crippen molar-refractivity contribution in [1.82, 2.24) is 0 Å². The molecule has 0 aromatic heterocycles. The molecule has 0 fully saturated rings. The zero-order chi connectivity index (χ0) is 11.4. The maximum absolute atomic E-state index is 12.7. The van der Waals surface area contributed by atoms with Crippen molar-refractivity contribution in [1.29, 1.82) is 0 Å². The monoisotopic (exact) mass is 219 g/mol. The summed E-state index contributed by atoms with van der Waals surface area (Å²) in [6.07, 6.45) is 0.236. The Labute approximate surface area is 84.2 Å². The second kappa shape index (κ2) is 4.93. The number of hydrogen-bond acceptors (Lipinski definition) is 1. The van der Waals surface area contributed by atoms with E-state index in [0.29, 0.717) is 0 Å². The van der Waals surface area contributed by atoms with Gasteiger partial charge in [0.1, 0.15) is 0 Å². The van der Waals surface area contributed by atoms with Crippen LogP contribution in [-0.4, -0.2) is 6.54 Å². The first-order chi connectivity index (χ1) is 7.08. The van der Waals surface area contributed by atoms with E-state index >= 15 is 0 Å². The van der Waals surface area contributed by atoms with E-state index in [1.807, 2.05) is 0 Å². The van der Waals surface area contributed by atoms with Gasteiger partial charge in [-0.15, -0.1) is 0 Å². The Morgan fingerprint density at radius 1 is 1.20 bits per heavy atom. The molecule has 2 N–H and O–H groups in total. The highest BCUT2D eigenvalue weighted by atomic mass is 19.2. The summed E-state index contributed by atoms with van der Waals surface area (Å²) in [4.78, 5) is 0. The van der Waals surface area contributed by atoms with Crippen LogP contribution in [0.2, 0.25) is 0 Å². The van der Waals surface area contributed by atoms with Gasteiger partial charge in [-0.2, -0.15) is 0 Å². The van der Waals surface area contributed by atoms with Crippen LogP contribution in [0.3, 0.4) is 0 Å². The second-order valence-corrected chi connectivity index (χ2v) is 3.02. The van der Waals surface area contributed by atoms with E-state index in [1.54, 1.807) is 0 Å². The summed E-state index contributed by atoms with van der Waals surface area (Å²) < 4.78 is 50.1. The van der Waals surface area contributed by atoms with Crippen LogP contribution in [0.4, 0.5) is 17.6 Å². The molecular weight excluding hydrogens is 210 g/mol. The molecule has 0 aliphatic rings. The molecule has 0 unspecified atom stereocenters. The molecule has 1 aromatic carbocycles. The van der Waals surface area contributed by atoms with Crippen LogP contribution < -0.4 is 5.73 Å². The summed E-state index contributed by atoms with van der Waals surface area (Å²) in [5.74, 6) is -4.11. The third kappa shape index (κ3) is 2.79. The Morgan fingerprint density at radius 3 is 2.13 bits per heavy atom. The lowest BCUT2D eigenvalue weighted by atomic mass is 10.1. The maximum Gasteiger partial charge on any atom is 0.194 e. The number of nitrogens with two attached hydrogens (primary N) is 1. The van der Waals surface area contributed by atoms with Crippen molar-refractivity contribution < 1.29 is 17.6 Å². The van der Waals surface area contributed by atoms with E-state index < -0.39 is 17.5 Å². The van der Waals surface area contributed by atoms with Gasteiger partial charge in [0.25, 0.3) is 0 Å². The molecule has 0 spiro atoms. The van der Waals surface area contributed by atoms with Crippen molar-refractivity contribution in [3.8, 4) is 0 Å². The lowest BCUT2D eigenvalue weighted by molar-refractivity contribution is 0.445. The smallest absolute Gasteiger partial charge is 0.194 e. The number of halogens is 4. The van der Waals surface area contributed by atoms with Gasteiger partial charge in [0.15, 0.2) is 17.5 Å². The molecule has 0 saturated heterocycles. The van der Waals surface area contributed by atoms with Crippen molar-refractivity contribution in [3.63, 3.8) is 0 Å². The van der Waals surface area contributed by atoms with Gasteiger partial charge in [-0.3, -0.25) is 0 Å². The minimum absolute atomic E-state index is 0.0406. The summed E-state index contributed by atoms with van der Waals surface area (Å²) in [5, 5.41) is 0. The summed E-state index contributed by atoms with van der Waals surface area (Å²) >= 11 is 0. The van der Waals surface area contributed by atoms with Gasteiger partial charge in [0, 0.05) is 6.54 Å². The summed E-state index contributed by atoms with van der Waals surface area (Å²) in [6.45, 7) is -0.0584. The highest BCUT2D eigenvalue weighted by molar-refractivity contribution is 5.24. The summed E-state index contributed by atoms with van der Waals surface area (Å²) in [5.41, 5.74) is 5.49. The molecule has 0 bridgehead atoms. The molecule has 15 heavy (non-hydrogen) atoms. The molecule has 1 rings (SSSR count). The van der Waals surface area contributed by atoms with Crippen molar-refractivity contribution in [2.24, 2.45) is 5.73 Å². The fraction of sp³-hybridized carbons (Fsp3) is 0.200. The van der Waals surface area contributed by atoms with Gasteiger partial charge >= 0.3 is 0 Å². The van der Waals surface area contributed by atoms with Crippen LogP contribution in [0, 0.1) is 17.5 Å². The third-order valence-corrected chi connectivity index (χ3v) is 1.89. The van der Waals surface area contributed by atoms with Gasteiger partial charge < -0.3 is 5.73 Å². The molecule has 82 valence electrons. The Bertz CT molecular complexity index is 364. The molecular formula is C10H9F4N. The van der Waals surface area contributed by atoms with E-state index in [0.717, 1.165) is 12.1 Å². The first kappa shape index (κ1) is 11.7. The van der Waals surface area contributed by atoms with Crippen molar-refractivity contribution >= 4 is 0 Å². The topological polar surface area (TPSA) is 26.0 Å².